The first kappa shape index (κ1) is 20.4. The van der Waals surface area contributed by atoms with Crippen molar-refractivity contribution in [2.45, 2.75) is 37.5 Å². The summed E-state index contributed by atoms with van der Waals surface area (Å²) in [6.45, 7) is 3.60. The lowest BCUT2D eigenvalue weighted by Crippen LogP contribution is -2.41. The van der Waals surface area contributed by atoms with Gasteiger partial charge in [-0.2, -0.15) is 0 Å². The van der Waals surface area contributed by atoms with Crippen molar-refractivity contribution < 1.29 is 24.3 Å². The lowest BCUT2D eigenvalue weighted by molar-refractivity contribution is -0.198. The van der Waals surface area contributed by atoms with Gasteiger partial charge in [0.15, 0.2) is 11.8 Å². The third kappa shape index (κ3) is 3.48. The van der Waals surface area contributed by atoms with E-state index < -0.39 is 28.6 Å². The maximum absolute atomic E-state index is 12.6. The molecule has 29 heavy (non-hydrogen) atoms. The molecule has 2 aromatic rings. The van der Waals surface area contributed by atoms with E-state index in [0.717, 1.165) is 0 Å². The number of carbonyl (C=O) groups excluding carboxylic acids is 3. The van der Waals surface area contributed by atoms with Crippen LogP contribution in [0.25, 0.3) is 10.2 Å². The number of hydrogen-bond acceptors (Lipinski definition) is 9. The van der Waals surface area contributed by atoms with Crippen molar-refractivity contribution in [1.29, 1.82) is 0 Å². The molecule has 8 nitrogen and oxygen atoms in total. The summed E-state index contributed by atoms with van der Waals surface area (Å²) in [5, 5.41) is 11.6. The number of aliphatic imine (C=N–C) groups is 1. The van der Waals surface area contributed by atoms with Gasteiger partial charge in [0.2, 0.25) is 0 Å². The van der Waals surface area contributed by atoms with Gasteiger partial charge in [0.1, 0.15) is 15.1 Å². The van der Waals surface area contributed by atoms with Crippen LogP contribution in [0, 0.1) is 0 Å². The van der Waals surface area contributed by atoms with Crippen LogP contribution >= 0.6 is 46.3 Å². The summed E-state index contributed by atoms with van der Waals surface area (Å²) < 4.78 is -0.149. The van der Waals surface area contributed by atoms with Gasteiger partial charge in [0.05, 0.1) is 15.2 Å². The summed E-state index contributed by atoms with van der Waals surface area (Å²) in [5.74, 6) is -2.11. The number of carbonyl (C=O) groups is 3. The normalized spacial score (nSPS) is 21.2. The average molecular weight is 474 g/mol. The topological polar surface area (TPSA) is 109 Å². The maximum atomic E-state index is 12.6. The Morgan fingerprint density at radius 1 is 1.31 bits per heavy atom. The van der Waals surface area contributed by atoms with E-state index in [0.29, 0.717) is 25.3 Å². The second-order valence-corrected chi connectivity index (χ2v) is 10.3. The van der Waals surface area contributed by atoms with Crippen molar-refractivity contribution in [3.63, 3.8) is 0 Å². The third-order valence-electron chi connectivity index (χ3n) is 4.41. The third-order valence-corrected chi connectivity index (χ3v) is 7.64. The van der Waals surface area contributed by atoms with Gasteiger partial charge in [-0.25, -0.2) is 9.78 Å². The fourth-order valence-electron chi connectivity index (χ4n) is 2.92. The number of aromatic nitrogens is 1. The Balaban J connectivity index is 1.65. The molecular formula is C17H13Cl2N3O5S2. The summed E-state index contributed by atoms with van der Waals surface area (Å²) in [6.07, 6.45) is 0.0383. The van der Waals surface area contributed by atoms with E-state index in [1.807, 2.05) is 0 Å². The fourth-order valence-corrected chi connectivity index (χ4v) is 5.65. The van der Waals surface area contributed by atoms with E-state index in [9.17, 15) is 19.5 Å². The SMILES string of the molecule is CC1(C)SC(c2nc3cc(Cl)c(O)c(Cl)c3s2)=NC1C(=O)ON1C(=O)CCC1=O. The minimum Gasteiger partial charge on any atom is -0.505 e. The number of phenolic OH excluding ortho intramolecular Hbond substituents is 1. The summed E-state index contributed by atoms with van der Waals surface area (Å²) in [7, 11) is 0. The quantitative estimate of drug-likeness (QED) is 0.678. The van der Waals surface area contributed by atoms with E-state index in [-0.39, 0.29) is 28.6 Å². The van der Waals surface area contributed by atoms with E-state index in [4.69, 9.17) is 28.0 Å². The summed E-state index contributed by atoms with van der Waals surface area (Å²) >= 11 is 14.6. The molecule has 0 spiro atoms. The van der Waals surface area contributed by atoms with E-state index >= 15 is 0 Å². The summed E-state index contributed by atoms with van der Waals surface area (Å²) in [6, 6.07) is 0.558. The molecule has 0 bridgehead atoms. The van der Waals surface area contributed by atoms with Crippen molar-refractivity contribution in [1.82, 2.24) is 10.0 Å². The minimum absolute atomic E-state index is 0.0192. The number of halogens is 2. The molecule has 1 aromatic heterocycles. The van der Waals surface area contributed by atoms with Crippen LogP contribution in [-0.2, 0) is 19.2 Å². The number of amides is 2. The number of thioether (sulfide) groups is 1. The zero-order valence-electron chi connectivity index (χ0n) is 15.1. The van der Waals surface area contributed by atoms with Crippen LogP contribution in [0.4, 0.5) is 0 Å². The lowest BCUT2D eigenvalue weighted by Gasteiger charge is -2.23. The van der Waals surface area contributed by atoms with E-state index in [1.54, 1.807) is 13.8 Å². The van der Waals surface area contributed by atoms with Gasteiger partial charge in [0.25, 0.3) is 11.8 Å². The monoisotopic (exact) mass is 473 g/mol. The summed E-state index contributed by atoms with van der Waals surface area (Å²) in [5.41, 5.74) is 0.498. The molecule has 2 amide bonds. The fraction of sp³-hybridized carbons (Fsp3) is 0.353. The standard InChI is InChI=1S/C17H13Cl2N3O5S2/c1-17(2)13(16(26)27-22-8(23)3-4-9(22)24)21-15(29-17)14-20-7-5-6(18)11(25)10(19)12(7)28-14/h5,13,25H,3-4H2,1-2H3. The first-order chi connectivity index (χ1) is 13.6. The smallest absolute Gasteiger partial charge is 0.358 e. The molecule has 1 fully saturated rings. The van der Waals surface area contributed by atoms with Crippen LogP contribution in [0.5, 0.6) is 5.75 Å². The van der Waals surface area contributed by atoms with Crippen LogP contribution in [-0.4, -0.2) is 48.8 Å². The van der Waals surface area contributed by atoms with Crippen molar-refractivity contribution >= 4 is 79.3 Å². The Morgan fingerprint density at radius 2 is 1.97 bits per heavy atom. The molecule has 1 saturated heterocycles. The number of hydroxylamine groups is 2. The molecule has 0 aliphatic carbocycles. The second kappa shape index (κ2) is 7.12. The Bertz CT molecular complexity index is 1100. The molecule has 1 atom stereocenters. The largest absolute Gasteiger partial charge is 0.505 e. The molecule has 0 saturated carbocycles. The highest BCUT2D eigenvalue weighted by Crippen LogP contribution is 2.45. The number of hydrogen-bond donors (Lipinski definition) is 1. The zero-order valence-corrected chi connectivity index (χ0v) is 18.2. The van der Waals surface area contributed by atoms with Gasteiger partial charge in [-0.3, -0.25) is 14.6 Å². The van der Waals surface area contributed by atoms with Crippen molar-refractivity contribution in [3.05, 3.63) is 21.1 Å². The lowest BCUT2D eigenvalue weighted by atomic mass is 10.0. The Hall–Kier alpha value is -1.88. The van der Waals surface area contributed by atoms with Gasteiger partial charge in [-0.05, 0) is 19.9 Å². The number of rotatable bonds is 3. The first-order valence-electron chi connectivity index (χ1n) is 8.41. The zero-order chi connectivity index (χ0) is 21.1. The number of fused-ring (bicyclic) bond motifs is 1. The number of phenols is 1. The minimum atomic E-state index is -0.942. The molecular weight excluding hydrogens is 461 g/mol. The van der Waals surface area contributed by atoms with Crippen LogP contribution in [0.3, 0.4) is 0 Å². The molecule has 3 heterocycles. The van der Waals surface area contributed by atoms with Crippen LogP contribution in [0.15, 0.2) is 11.1 Å². The van der Waals surface area contributed by atoms with Gasteiger partial charge in [-0.15, -0.1) is 16.4 Å². The predicted molar refractivity (Wildman–Crippen MR) is 110 cm³/mol. The highest BCUT2D eigenvalue weighted by Gasteiger charge is 2.46. The number of imide groups is 1. The summed E-state index contributed by atoms with van der Waals surface area (Å²) in [4.78, 5) is 50.0. The number of thiazole rings is 1. The number of nitrogens with zero attached hydrogens (tertiary/aromatic N) is 3. The van der Waals surface area contributed by atoms with Crippen LogP contribution in [0.2, 0.25) is 10.0 Å². The molecule has 152 valence electrons. The van der Waals surface area contributed by atoms with Crippen LogP contribution < -0.4 is 0 Å². The average Bonchev–Trinajstić information content (AvgIpc) is 3.30. The van der Waals surface area contributed by atoms with E-state index in [1.165, 1.54) is 29.2 Å². The molecule has 1 aromatic carbocycles. The van der Waals surface area contributed by atoms with Crippen molar-refractivity contribution in [3.8, 4) is 5.75 Å². The van der Waals surface area contributed by atoms with Crippen LogP contribution in [0.1, 0.15) is 31.7 Å². The highest BCUT2D eigenvalue weighted by atomic mass is 35.5. The van der Waals surface area contributed by atoms with Gasteiger partial charge in [-0.1, -0.05) is 35.0 Å². The first-order valence-corrected chi connectivity index (χ1v) is 10.8. The Kier molecular flexibility index (Phi) is 5.01. The second-order valence-electron chi connectivity index (χ2n) is 6.92. The Morgan fingerprint density at radius 3 is 2.62 bits per heavy atom. The highest BCUT2D eigenvalue weighted by molar-refractivity contribution is 8.16. The molecule has 1 unspecified atom stereocenters. The maximum Gasteiger partial charge on any atom is 0.358 e. The molecule has 0 radical (unpaired) electrons. The predicted octanol–water partition coefficient (Wildman–Crippen LogP) is 3.56. The van der Waals surface area contributed by atoms with Gasteiger partial charge >= 0.3 is 5.97 Å². The van der Waals surface area contributed by atoms with Crippen molar-refractivity contribution in [2.75, 3.05) is 0 Å². The molecule has 2 aliphatic rings. The van der Waals surface area contributed by atoms with E-state index in [2.05, 4.69) is 9.98 Å². The van der Waals surface area contributed by atoms with Gasteiger partial charge < -0.3 is 9.94 Å². The van der Waals surface area contributed by atoms with Gasteiger partial charge in [0, 0.05) is 17.6 Å². The molecule has 1 N–H and O–H groups in total. The number of benzene rings is 1. The molecule has 12 heteroatoms. The number of aromatic hydroxyl groups is 1. The molecule has 2 aliphatic heterocycles. The molecule has 4 rings (SSSR count). The van der Waals surface area contributed by atoms with Crippen molar-refractivity contribution in [2.24, 2.45) is 4.99 Å². The Labute approximate surface area is 182 Å².